The number of phosphoric acid groups is 1. The first-order valence-corrected chi connectivity index (χ1v) is 14.0. The standard InChI is InChI=1S/C23H49N.H3O4P/c1-3-5-7-9-11-12-13-14-15-16-17-19-21-23-24-22-20-18-10-8-6-4-2;1-5(2,3)4/h24H,3-23H2,1-2H3;(H3,1,2,3,4). The predicted molar refractivity (Wildman–Crippen MR) is 126 cm³/mol. The zero-order valence-electron chi connectivity index (χ0n) is 19.5. The van der Waals surface area contributed by atoms with Crippen LogP contribution in [0.15, 0.2) is 0 Å². The highest BCUT2D eigenvalue weighted by Gasteiger charge is 2.00. The molecule has 178 valence electrons. The van der Waals surface area contributed by atoms with Crippen LogP contribution < -0.4 is 5.32 Å². The van der Waals surface area contributed by atoms with E-state index in [1.165, 1.54) is 135 Å². The van der Waals surface area contributed by atoms with Crippen LogP contribution in [0.3, 0.4) is 0 Å². The molecule has 0 aromatic heterocycles. The Labute approximate surface area is 181 Å². The predicted octanol–water partition coefficient (Wildman–Crippen LogP) is 7.10. The van der Waals surface area contributed by atoms with Crippen molar-refractivity contribution >= 4 is 7.82 Å². The van der Waals surface area contributed by atoms with Gasteiger partial charge in [0.15, 0.2) is 0 Å². The van der Waals surface area contributed by atoms with Gasteiger partial charge in [-0.05, 0) is 25.9 Å². The Kier molecular flexibility index (Phi) is 28.1. The molecule has 0 rings (SSSR count). The quantitative estimate of drug-likeness (QED) is 0.114. The van der Waals surface area contributed by atoms with Gasteiger partial charge in [-0.3, -0.25) is 0 Å². The van der Waals surface area contributed by atoms with Crippen LogP contribution in [0, 0.1) is 0 Å². The van der Waals surface area contributed by atoms with E-state index in [0.29, 0.717) is 0 Å². The molecule has 0 radical (unpaired) electrons. The van der Waals surface area contributed by atoms with Crippen molar-refractivity contribution in [2.45, 2.75) is 136 Å². The Balaban J connectivity index is 0. The van der Waals surface area contributed by atoms with Gasteiger partial charge in [0.2, 0.25) is 0 Å². The zero-order chi connectivity index (χ0) is 22.1. The first-order chi connectivity index (χ1) is 13.9. The first-order valence-electron chi connectivity index (χ1n) is 12.4. The van der Waals surface area contributed by atoms with Crippen molar-refractivity contribution in [3.63, 3.8) is 0 Å². The number of rotatable bonds is 21. The summed E-state index contributed by atoms with van der Waals surface area (Å²) in [5.41, 5.74) is 0. The van der Waals surface area contributed by atoms with Crippen molar-refractivity contribution in [1.29, 1.82) is 0 Å². The highest BCUT2D eigenvalue weighted by atomic mass is 31.2. The summed E-state index contributed by atoms with van der Waals surface area (Å²) >= 11 is 0. The molecule has 0 saturated heterocycles. The van der Waals surface area contributed by atoms with Crippen molar-refractivity contribution in [2.75, 3.05) is 13.1 Å². The topological polar surface area (TPSA) is 89.8 Å². The van der Waals surface area contributed by atoms with Crippen molar-refractivity contribution in [3.05, 3.63) is 0 Å². The van der Waals surface area contributed by atoms with Crippen molar-refractivity contribution in [3.8, 4) is 0 Å². The van der Waals surface area contributed by atoms with Crippen LogP contribution >= 0.6 is 7.82 Å². The Bertz CT molecular complexity index is 307. The summed E-state index contributed by atoms with van der Waals surface area (Å²) in [6.07, 6.45) is 27.3. The Morgan fingerprint density at radius 3 is 0.931 bits per heavy atom. The second-order valence-corrected chi connectivity index (χ2v) is 9.30. The zero-order valence-corrected chi connectivity index (χ0v) is 20.4. The second kappa shape index (κ2) is 26.1. The van der Waals surface area contributed by atoms with Gasteiger partial charge in [0.25, 0.3) is 0 Å². The molecule has 0 heterocycles. The van der Waals surface area contributed by atoms with E-state index in [2.05, 4.69) is 19.2 Å². The average molecular weight is 438 g/mol. The van der Waals surface area contributed by atoms with Crippen LogP contribution in [-0.2, 0) is 4.57 Å². The minimum Gasteiger partial charge on any atom is -0.317 e. The summed E-state index contributed by atoms with van der Waals surface area (Å²) in [7, 11) is -4.64. The normalized spacial score (nSPS) is 11.3. The molecule has 0 saturated carbocycles. The lowest BCUT2D eigenvalue weighted by molar-refractivity contribution is 0.275. The first kappa shape index (κ1) is 31.3. The average Bonchev–Trinajstić information content (AvgIpc) is 2.65. The summed E-state index contributed by atoms with van der Waals surface area (Å²) in [5.74, 6) is 0. The van der Waals surface area contributed by atoms with E-state index in [0.717, 1.165) is 0 Å². The maximum atomic E-state index is 8.88. The van der Waals surface area contributed by atoms with Crippen molar-refractivity contribution in [2.24, 2.45) is 0 Å². The van der Waals surface area contributed by atoms with Crippen LogP contribution in [-0.4, -0.2) is 27.8 Å². The van der Waals surface area contributed by atoms with Crippen LogP contribution in [0.5, 0.6) is 0 Å². The molecule has 4 N–H and O–H groups in total. The van der Waals surface area contributed by atoms with Crippen molar-refractivity contribution in [1.82, 2.24) is 5.32 Å². The van der Waals surface area contributed by atoms with Crippen LogP contribution in [0.1, 0.15) is 136 Å². The van der Waals surface area contributed by atoms with Gasteiger partial charge in [0.1, 0.15) is 0 Å². The van der Waals surface area contributed by atoms with Gasteiger partial charge in [-0.1, -0.05) is 123 Å². The monoisotopic (exact) mass is 437 g/mol. The molecule has 0 aliphatic carbocycles. The van der Waals surface area contributed by atoms with Gasteiger partial charge >= 0.3 is 7.82 Å². The third-order valence-corrected chi connectivity index (χ3v) is 5.16. The van der Waals surface area contributed by atoms with Crippen LogP contribution in [0.2, 0.25) is 0 Å². The lowest BCUT2D eigenvalue weighted by Gasteiger charge is -2.05. The van der Waals surface area contributed by atoms with Crippen LogP contribution in [0.4, 0.5) is 0 Å². The molecule has 5 nitrogen and oxygen atoms in total. The molecule has 0 atom stereocenters. The summed E-state index contributed by atoms with van der Waals surface area (Å²) in [5, 5.41) is 3.62. The van der Waals surface area contributed by atoms with E-state index in [4.69, 9.17) is 19.2 Å². The van der Waals surface area contributed by atoms with Gasteiger partial charge in [-0.2, -0.15) is 0 Å². The molecule has 0 bridgehead atoms. The third-order valence-electron chi connectivity index (χ3n) is 5.16. The molecule has 0 fully saturated rings. The summed E-state index contributed by atoms with van der Waals surface area (Å²) in [4.78, 5) is 21.6. The fourth-order valence-electron chi connectivity index (χ4n) is 3.42. The smallest absolute Gasteiger partial charge is 0.317 e. The Morgan fingerprint density at radius 2 is 0.690 bits per heavy atom. The molecule has 0 amide bonds. The maximum Gasteiger partial charge on any atom is 0.466 e. The van der Waals surface area contributed by atoms with E-state index in [1.54, 1.807) is 0 Å². The van der Waals surface area contributed by atoms with Gasteiger partial charge in [0, 0.05) is 0 Å². The summed E-state index contributed by atoms with van der Waals surface area (Å²) in [6, 6.07) is 0. The molecule has 0 unspecified atom stereocenters. The number of unbranched alkanes of at least 4 members (excludes halogenated alkanes) is 17. The lowest BCUT2D eigenvalue weighted by atomic mass is 10.0. The Morgan fingerprint density at radius 1 is 0.483 bits per heavy atom. The summed E-state index contributed by atoms with van der Waals surface area (Å²) in [6.45, 7) is 7.07. The number of hydrogen-bond donors (Lipinski definition) is 4. The van der Waals surface area contributed by atoms with Gasteiger partial charge in [0.05, 0.1) is 0 Å². The van der Waals surface area contributed by atoms with Gasteiger partial charge in [-0.25, -0.2) is 4.57 Å². The van der Waals surface area contributed by atoms with Crippen molar-refractivity contribution < 1.29 is 19.2 Å². The molecule has 29 heavy (non-hydrogen) atoms. The molecular weight excluding hydrogens is 385 g/mol. The SMILES string of the molecule is CCCCCCCCCCCCCCCNCCCCCCCC.O=P(O)(O)O. The highest BCUT2D eigenvalue weighted by molar-refractivity contribution is 7.45. The van der Waals surface area contributed by atoms with Crippen LogP contribution in [0.25, 0.3) is 0 Å². The largest absolute Gasteiger partial charge is 0.466 e. The molecule has 0 aromatic carbocycles. The van der Waals surface area contributed by atoms with E-state index < -0.39 is 7.82 Å². The molecule has 0 spiro atoms. The minimum atomic E-state index is -4.64. The maximum absolute atomic E-state index is 8.88. The molecular formula is C23H52NO4P. The molecule has 0 aliphatic rings. The fourth-order valence-corrected chi connectivity index (χ4v) is 3.42. The lowest BCUT2D eigenvalue weighted by Crippen LogP contribution is -2.16. The second-order valence-electron chi connectivity index (χ2n) is 8.27. The van der Waals surface area contributed by atoms with E-state index >= 15 is 0 Å². The molecule has 6 heteroatoms. The van der Waals surface area contributed by atoms with E-state index in [-0.39, 0.29) is 0 Å². The minimum absolute atomic E-state index is 1.24. The van der Waals surface area contributed by atoms with E-state index in [9.17, 15) is 0 Å². The molecule has 0 aliphatic heterocycles. The number of hydrogen-bond acceptors (Lipinski definition) is 2. The molecule has 0 aromatic rings. The van der Waals surface area contributed by atoms with Gasteiger partial charge in [-0.15, -0.1) is 0 Å². The number of nitrogens with one attached hydrogen (secondary N) is 1. The summed E-state index contributed by atoms with van der Waals surface area (Å²) < 4.78 is 8.88. The van der Waals surface area contributed by atoms with E-state index in [1.807, 2.05) is 0 Å². The van der Waals surface area contributed by atoms with Gasteiger partial charge < -0.3 is 20.0 Å². The third kappa shape index (κ3) is 43.0. The fraction of sp³-hybridized carbons (Fsp3) is 1.00. The highest BCUT2D eigenvalue weighted by Crippen LogP contribution is 2.25. The Hall–Kier alpha value is 0.0700.